The van der Waals surface area contributed by atoms with Crippen LogP contribution < -0.4 is 5.73 Å². The molecule has 0 spiro atoms. The first-order valence-electron chi connectivity index (χ1n) is 1.55. The van der Waals surface area contributed by atoms with Gasteiger partial charge < -0.3 is 15.9 Å². The first-order valence-corrected chi connectivity index (χ1v) is 1.55. The molecule has 0 saturated heterocycles. The smallest absolute Gasteiger partial charge is 0.465 e. The van der Waals surface area contributed by atoms with E-state index in [1.165, 1.54) is 0 Å². The molecule has 0 aromatic carbocycles. The lowest BCUT2D eigenvalue weighted by atomic mass is 11.3. The van der Waals surface area contributed by atoms with E-state index < -0.39 is 12.2 Å². The van der Waals surface area contributed by atoms with Crippen molar-refractivity contribution in [2.45, 2.75) is 0 Å². The zero-order valence-corrected chi connectivity index (χ0v) is 4.14. The van der Waals surface area contributed by atoms with Gasteiger partial charge in [0.15, 0.2) is 0 Å². The second-order valence-corrected chi connectivity index (χ2v) is 0.712. The van der Waals surface area contributed by atoms with Crippen LogP contribution in [0.4, 0.5) is 9.59 Å². The minimum absolute atomic E-state index is 1.33. The molecule has 0 atom stereocenters. The summed E-state index contributed by atoms with van der Waals surface area (Å²) in [5.74, 6) is 0. The van der Waals surface area contributed by atoms with Gasteiger partial charge in [-0.1, -0.05) is 0 Å². The van der Waals surface area contributed by atoms with Crippen molar-refractivity contribution in [1.82, 2.24) is 0 Å². The van der Waals surface area contributed by atoms with Crippen molar-refractivity contribution >= 4 is 12.2 Å². The van der Waals surface area contributed by atoms with Crippen LogP contribution in [0.2, 0.25) is 0 Å². The monoisotopic (exact) mass is 136 g/mol. The Morgan fingerprint density at radius 1 is 1.33 bits per heavy atom. The Labute approximate surface area is 49.1 Å². The molecule has 0 heterocycles. The van der Waals surface area contributed by atoms with E-state index >= 15 is 0 Å². The Balaban J connectivity index is 0. The lowest BCUT2D eigenvalue weighted by Gasteiger charge is -1.61. The normalized spacial score (nSPS) is 6.22. The van der Waals surface area contributed by atoms with Crippen LogP contribution in [0.25, 0.3) is 0 Å². The molecule has 0 bridgehead atoms. The Bertz CT molecular complexity index is 116. The van der Waals surface area contributed by atoms with Gasteiger partial charge in [0.05, 0.1) is 5.18 Å². The van der Waals surface area contributed by atoms with Crippen LogP contribution in [0.3, 0.4) is 0 Å². The third-order valence-electron chi connectivity index (χ3n) is 0.0781. The number of nitrogens with zero attached hydrogens (tertiary/aromatic N) is 1. The maximum atomic E-state index is 8.89. The standard InChI is InChI=1S/CHNO3.CH3NO2/c3-1(4)2-5;2-1(3)4/h(H,3,4);2H2,(H,3,4). The Morgan fingerprint density at radius 2 is 1.44 bits per heavy atom. The molecular formula is C2H4N2O5. The van der Waals surface area contributed by atoms with E-state index in [4.69, 9.17) is 24.7 Å². The maximum Gasteiger partial charge on any atom is 0.468 e. The van der Waals surface area contributed by atoms with Crippen LogP contribution in [-0.4, -0.2) is 22.4 Å². The van der Waals surface area contributed by atoms with Gasteiger partial charge in [-0.15, -0.1) is 4.91 Å². The van der Waals surface area contributed by atoms with Crippen LogP contribution in [0.15, 0.2) is 5.18 Å². The first kappa shape index (κ1) is 10.3. The molecule has 7 nitrogen and oxygen atoms in total. The molecule has 0 saturated carbocycles. The molecule has 9 heavy (non-hydrogen) atoms. The number of amides is 2. The minimum Gasteiger partial charge on any atom is -0.465 e. The summed E-state index contributed by atoms with van der Waals surface area (Å²) < 4.78 is 0. The molecule has 0 aromatic heterocycles. The van der Waals surface area contributed by atoms with E-state index in [1.807, 2.05) is 0 Å². The van der Waals surface area contributed by atoms with Gasteiger partial charge in [0, 0.05) is 0 Å². The van der Waals surface area contributed by atoms with Crippen LogP contribution in [0.5, 0.6) is 0 Å². The van der Waals surface area contributed by atoms with Crippen molar-refractivity contribution in [3.8, 4) is 0 Å². The largest absolute Gasteiger partial charge is 0.468 e. The molecule has 7 heteroatoms. The zero-order valence-electron chi connectivity index (χ0n) is 4.14. The molecular weight excluding hydrogens is 132 g/mol. The van der Waals surface area contributed by atoms with Gasteiger partial charge in [0.1, 0.15) is 0 Å². The summed E-state index contributed by atoms with van der Waals surface area (Å²) >= 11 is 0. The van der Waals surface area contributed by atoms with Crippen LogP contribution in [0.1, 0.15) is 0 Å². The van der Waals surface area contributed by atoms with E-state index in [1.54, 1.807) is 5.18 Å². The molecule has 0 radical (unpaired) electrons. The van der Waals surface area contributed by atoms with Crippen molar-refractivity contribution in [1.29, 1.82) is 0 Å². The number of nitrogens with two attached hydrogens (primary N) is 1. The first-order chi connectivity index (χ1) is 4.00. The Kier molecular flexibility index (Phi) is 7.29. The van der Waals surface area contributed by atoms with Crippen molar-refractivity contribution in [2.75, 3.05) is 0 Å². The maximum absolute atomic E-state index is 8.89. The average molecular weight is 136 g/mol. The second-order valence-electron chi connectivity index (χ2n) is 0.712. The summed E-state index contributed by atoms with van der Waals surface area (Å²) in [5, 5.41) is 16.0. The van der Waals surface area contributed by atoms with E-state index in [-0.39, 0.29) is 0 Å². The van der Waals surface area contributed by atoms with E-state index in [9.17, 15) is 0 Å². The third-order valence-corrected chi connectivity index (χ3v) is 0.0781. The summed E-state index contributed by atoms with van der Waals surface area (Å²) in [7, 11) is 0. The highest BCUT2D eigenvalue weighted by atomic mass is 16.4. The lowest BCUT2D eigenvalue weighted by Crippen LogP contribution is -2.03. The Morgan fingerprint density at radius 3 is 1.44 bits per heavy atom. The van der Waals surface area contributed by atoms with Gasteiger partial charge in [0.25, 0.3) is 0 Å². The highest BCUT2D eigenvalue weighted by Crippen LogP contribution is 1.61. The van der Waals surface area contributed by atoms with Gasteiger partial charge in [-0.05, 0) is 0 Å². The lowest BCUT2D eigenvalue weighted by molar-refractivity contribution is 0.204. The topological polar surface area (TPSA) is 130 Å². The number of primary amides is 1. The predicted molar refractivity (Wildman–Crippen MR) is 26.0 cm³/mol. The van der Waals surface area contributed by atoms with Gasteiger partial charge in [-0.25, -0.2) is 9.59 Å². The van der Waals surface area contributed by atoms with Crippen LogP contribution in [-0.2, 0) is 0 Å². The SMILES string of the molecule is NC(=O)O.O=NC(=O)O. The van der Waals surface area contributed by atoms with Crippen LogP contribution >= 0.6 is 0 Å². The summed E-state index contributed by atoms with van der Waals surface area (Å²) in [6.07, 6.45) is -3.01. The van der Waals surface area contributed by atoms with Gasteiger partial charge in [0.2, 0.25) is 0 Å². The summed E-state index contributed by atoms with van der Waals surface area (Å²) in [6, 6.07) is 0. The Hall–Kier alpha value is -1.66. The molecule has 2 amide bonds. The zero-order chi connectivity index (χ0) is 7.86. The van der Waals surface area contributed by atoms with Crippen molar-refractivity contribution in [3.05, 3.63) is 4.91 Å². The molecule has 0 rings (SSSR count). The van der Waals surface area contributed by atoms with Crippen molar-refractivity contribution in [3.63, 3.8) is 0 Å². The molecule has 0 aliphatic rings. The highest BCUT2D eigenvalue weighted by molar-refractivity contribution is 5.64. The summed E-state index contributed by atoms with van der Waals surface area (Å²) in [5.41, 5.74) is 4.03. The average Bonchev–Trinajstić information content (AvgIpc) is 1.65. The number of carbonyl (C=O) groups is 2. The van der Waals surface area contributed by atoms with Gasteiger partial charge in [-0.2, -0.15) is 0 Å². The van der Waals surface area contributed by atoms with E-state index in [2.05, 4.69) is 5.73 Å². The van der Waals surface area contributed by atoms with Crippen molar-refractivity contribution < 1.29 is 19.8 Å². The van der Waals surface area contributed by atoms with Gasteiger partial charge >= 0.3 is 12.2 Å². The molecule has 0 fully saturated rings. The molecule has 0 aliphatic heterocycles. The number of nitroso groups, excluding NO2 is 1. The number of hydrogen-bond donors (Lipinski definition) is 3. The number of carboxylic acid groups (broad SMARTS) is 2. The second kappa shape index (κ2) is 6.34. The highest BCUT2D eigenvalue weighted by Gasteiger charge is 1.82. The molecule has 52 valence electrons. The van der Waals surface area contributed by atoms with E-state index in [0.717, 1.165) is 0 Å². The molecule has 4 N–H and O–H groups in total. The van der Waals surface area contributed by atoms with Crippen LogP contribution in [0, 0.1) is 4.91 Å². The fourth-order valence-corrected chi connectivity index (χ4v) is 0. The summed E-state index contributed by atoms with van der Waals surface area (Å²) in [4.78, 5) is 26.3. The predicted octanol–water partition coefficient (Wildman–Crippen LogP) is 0.0539. The van der Waals surface area contributed by atoms with E-state index in [0.29, 0.717) is 0 Å². The fourth-order valence-electron chi connectivity index (χ4n) is 0. The molecule has 0 unspecified atom stereocenters. The quantitative estimate of drug-likeness (QED) is 0.405. The van der Waals surface area contributed by atoms with Gasteiger partial charge in [-0.3, -0.25) is 0 Å². The third kappa shape index (κ3) is 1030. The van der Waals surface area contributed by atoms with Crippen molar-refractivity contribution in [2.24, 2.45) is 10.9 Å². The molecule has 0 aliphatic carbocycles. The number of rotatable bonds is 0. The fraction of sp³-hybridized carbons (Fsp3) is 0. The molecule has 0 aromatic rings. The summed E-state index contributed by atoms with van der Waals surface area (Å²) in [6.45, 7) is 0. The number of hydrogen-bond acceptors (Lipinski definition) is 3. The minimum atomic E-state index is -1.68.